The van der Waals surface area contributed by atoms with Gasteiger partial charge in [0.1, 0.15) is 11.5 Å². The van der Waals surface area contributed by atoms with E-state index in [-0.39, 0.29) is 0 Å². The van der Waals surface area contributed by atoms with Gasteiger partial charge in [-0.25, -0.2) is 0 Å². The van der Waals surface area contributed by atoms with Gasteiger partial charge in [-0.3, -0.25) is 0 Å². The van der Waals surface area contributed by atoms with Gasteiger partial charge < -0.3 is 9.84 Å². The Morgan fingerprint density at radius 3 is 2.42 bits per heavy atom. The van der Waals surface area contributed by atoms with Crippen LogP contribution in [-0.2, 0) is 0 Å². The first kappa shape index (κ1) is 14.1. The van der Waals surface area contributed by atoms with E-state index in [1.54, 1.807) is 0 Å². The highest BCUT2D eigenvalue weighted by molar-refractivity contribution is 9.10. The molecular formula is C16H17BrO2. The summed E-state index contributed by atoms with van der Waals surface area (Å²) in [6.07, 6.45) is 0.315. The van der Waals surface area contributed by atoms with Crippen molar-refractivity contribution in [3.63, 3.8) is 0 Å². The molecule has 0 saturated carbocycles. The maximum Gasteiger partial charge on any atom is 0.130 e. The van der Waals surface area contributed by atoms with Gasteiger partial charge in [0.15, 0.2) is 0 Å². The molecule has 0 aliphatic carbocycles. The molecule has 0 unspecified atom stereocenters. The van der Waals surface area contributed by atoms with Gasteiger partial charge in [0, 0.05) is 4.47 Å². The van der Waals surface area contributed by atoms with Crippen LogP contribution in [0.1, 0.15) is 30.6 Å². The Morgan fingerprint density at radius 2 is 1.84 bits per heavy atom. The predicted octanol–water partition coefficient (Wildman–Crippen LogP) is 4.99. The van der Waals surface area contributed by atoms with Gasteiger partial charge >= 0.3 is 0 Å². The van der Waals surface area contributed by atoms with E-state index in [1.165, 1.54) is 0 Å². The van der Waals surface area contributed by atoms with Crippen molar-refractivity contribution < 1.29 is 9.84 Å². The van der Waals surface area contributed by atoms with Crippen molar-refractivity contribution in [1.29, 1.82) is 0 Å². The average Bonchev–Trinajstić information content (AvgIpc) is 2.42. The molecule has 2 rings (SSSR count). The summed E-state index contributed by atoms with van der Waals surface area (Å²) in [5.74, 6) is 1.62. The Labute approximate surface area is 122 Å². The van der Waals surface area contributed by atoms with E-state index in [2.05, 4.69) is 15.9 Å². The number of ether oxygens (including phenoxy) is 1. The van der Waals surface area contributed by atoms with Gasteiger partial charge in [0.25, 0.3) is 0 Å². The zero-order valence-electron chi connectivity index (χ0n) is 11.1. The molecule has 0 bridgehead atoms. The van der Waals surface area contributed by atoms with Crippen LogP contribution in [0.5, 0.6) is 11.5 Å². The molecule has 0 saturated heterocycles. The van der Waals surface area contributed by atoms with Crippen molar-refractivity contribution >= 4 is 15.9 Å². The summed E-state index contributed by atoms with van der Waals surface area (Å²) >= 11 is 3.43. The summed E-state index contributed by atoms with van der Waals surface area (Å²) in [5, 5.41) is 9.74. The number of aliphatic hydroxyl groups is 1. The van der Waals surface area contributed by atoms with Crippen LogP contribution in [0.25, 0.3) is 0 Å². The topological polar surface area (TPSA) is 29.5 Å². The lowest BCUT2D eigenvalue weighted by Gasteiger charge is -2.11. The van der Waals surface area contributed by atoms with Crippen LogP contribution in [0.3, 0.4) is 0 Å². The number of halogens is 1. The highest BCUT2D eigenvalue weighted by Crippen LogP contribution is 2.28. The van der Waals surface area contributed by atoms with Crippen LogP contribution in [-0.4, -0.2) is 5.11 Å². The van der Waals surface area contributed by atoms with Gasteiger partial charge in [0.2, 0.25) is 0 Å². The summed E-state index contributed by atoms with van der Waals surface area (Å²) in [5.41, 5.74) is 1.99. The van der Waals surface area contributed by atoms with Crippen molar-refractivity contribution in [2.45, 2.75) is 26.4 Å². The normalized spacial score (nSPS) is 12.2. The Kier molecular flexibility index (Phi) is 4.61. The summed E-state index contributed by atoms with van der Waals surface area (Å²) in [6.45, 7) is 3.97. The van der Waals surface area contributed by atoms with Gasteiger partial charge in [-0.1, -0.05) is 35.0 Å². The lowest BCUT2D eigenvalue weighted by atomic mass is 10.1. The fraction of sp³-hybridized carbons (Fsp3) is 0.250. The molecule has 0 radical (unpaired) electrons. The molecule has 1 atom stereocenters. The third kappa shape index (κ3) is 3.58. The first-order valence-corrected chi connectivity index (χ1v) is 7.11. The van der Waals surface area contributed by atoms with E-state index in [0.717, 1.165) is 27.1 Å². The maximum absolute atomic E-state index is 9.74. The van der Waals surface area contributed by atoms with E-state index in [0.29, 0.717) is 6.42 Å². The third-order valence-corrected chi connectivity index (χ3v) is 3.51. The van der Waals surface area contributed by atoms with Crippen molar-refractivity contribution in [2.24, 2.45) is 0 Å². The molecule has 2 aromatic rings. The highest BCUT2D eigenvalue weighted by Gasteiger charge is 2.06. The van der Waals surface area contributed by atoms with E-state index < -0.39 is 6.10 Å². The van der Waals surface area contributed by atoms with Gasteiger partial charge in [0.05, 0.1) is 6.10 Å². The summed E-state index contributed by atoms with van der Waals surface area (Å²) in [7, 11) is 0. The van der Waals surface area contributed by atoms with E-state index in [4.69, 9.17) is 4.74 Å². The second-order valence-corrected chi connectivity index (χ2v) is 5.42. The summed E-state index contributed by atoms with van der Waals surface area (Å²) in [4.78, 5) is 0. The van der Waals surface area contributed by atoms with Crippen molar-refractivity contribution in [2.75, 3.05) is 0 Å². The zero-order chi connectivity index (χ0) is 13.8. The van der Waals surface area contributed by atoms with Crippen LogP contribution in [0.4, 0.5) is 0 Å². The minimum atomic E-state index is -0.400. The van der Waals surface area contributed by atoms with Crippen molar-refractivity contribution in [1.82, 2.24) is 0 Å². The van der Waals surface area contributed by atoms with Gasteiger partial charge in [-0.05, 0) is 54.8 Å². The second-order valence-electron chi connectivity index (χ2n) is 4.50. The smallest absolute Gasteiger partial charge is 0.130 e. The fourth-order valence-corrected chi connectivity index (χ4v) is 2.32. The maximum atomic E-state index is 9.74. The summed E-state index contributed by atoms with van der Waals surface area (Å²) < 4.78 is 6.87. The number of rotatable bonds is 4. The highest BCUT2D eigenvalue weighted by atomic mass is 79.9. The van der Waals surface area contributed by atoms with E-state index in [1.807, 2.05) is 56.3 Å². The molecule has 19 heavy (non-hydrogen) atoms. The Morgan fingerprint density at radius 1 is 1.16 bits per heavy atom. The lowest BCUT2D eigenvalue weighted by molar-refractivity contribution is 0.173. The Hall–Kier alpha value is -1.32. The fourth-order valence-electron chi connectivity index (χ4n) is 1.85. The molecule has 0 amide bonds. The van der Waals surface area contributed by atoms with E-state index >= 15 is 0 Å². The molecule has 0 spiro atoms. The number of hydrogen-bond donors (Lipinski definition) is 1. The second kappa shape index (κ2) is 6.22. The monoisotopic (exact) mass is 320 g/mol. The van der Waals surface area contributed by atoms with Crippen molar-refractivity contribution in [3.8, 4) is 11.5 Å². The molecule has 1 N–H and O–H groups in total. The van der Waals surface area contributed by atoms with Crippen LogP contribution < -0.4 is 4.74 Å². The number of benzene rings is 2. The first-order valence-electron chi connectivity index (χ1n) is 6.32. The Balaban J connectivity index is 2.15. The molecular weight excluding hydrogens is 304 g/mol. The van der Waals surface area contributed by atoms with Crippen LogP contribution in [0.15, 0.2) is 46.9 Å². The molecule has 0 aliphatic rings. The zero-order valence-corrected chi connectivity index (χ0v) is 12.6. The quantitative estimate of drug-likeness (QED) is 0.859. The molecule has 100 valence electrons. The van der Waals surface area contributed by atoms with Crippen LogP contribution >= 0.6 is 15.9 Å². The molecule has 0 aliphatic heterocycles. The molecule has 0 fully saturated rings. The number of aryl methyl sites for hydroxylation is 1. The number of aliphatic hydroxyl groups excluding tert-OH is 1. The Bertz CT molecular complexity index is 549. The van der Waals surface area contributed by atoms with Crippen LogP contribution in [0.2, 0.25) is 0 Å². The summed E-state index contributed by atoms with van der Waals surface area (Å²) in [6, 6.07) is 13.5. The third-order valence-electron chi connectivity index (χ3n) is 3.02. The minimum Gasteiger partial charge on any atom is -0.457 e. The van der Waals surface area contributed by atoms with Gasteiger partial charge in [-0.2, -0.15) is 0 Å². The van der Waals surface area contributed by atoms with Crippen molar-refractivity contribution in [3.05, 3.63) is 58.1 Å². The average molecular weight is 321 g/mol. The van der Waals surface area contributed by atoms with Crippen LogP contribution in [0, 0.1) is 6.92 Å². The standard InChI is InChI=1S/C16H17BrO2/c1-3-15(18)12-4-7-14(8-5-12)19-16-9-6-13(17)10-11(16)2/h4-10,15,18H,3H2,1-2H3/t15-/m1/s1. The predicted molar refractivity (Wildman–Crippen MR) is 80.6 cm³/mol. The van der Waals surface area contributed by atoms with Gasteiger partial charge in [-0.15, -0.1) is 0 Å². The number of hydrogen-bond acceptors (Lipinski definition) is 2. The molecule has 3 heteroatoms. The lowest BCUT2D eigenvalue weighted by Crippen LogP contribution is -1.94. The molecule has 2 aromatic carbocycles. The minimum absolute atomic E-state index is 0.400. The largest absolute Gasteiger partial charge is 0.457 e. The van der Waals surface area contributed by atoms with E-state index in [9.17, 15) is 5.11 Å². The SMILES string of the molecule is CC[C@@H](O)c1ccc(Oc2ccc(Br)cc2C)cc1. The molecule has 2 nitrogen and oxygen atoms in total. The first-order chi connectivity index (χ1) is 9.10. The molecule has 0 aromatic heterocycles. The molecule has 0 heterocycles.